The van der Waals surface area contributed by atoms with Crippen LogP contribution in [0.1, 0.15) is 13.8 Å². The minimum Gasteiger partial charge on any atom is -0.497 e. The molecule has 5 heteroatoms. The molecule has 0 aliphatic rings. The second-order valence-electron chi connectivity index (χ2n) is 6.10. The number of para-hydroxylation sites is 1. The lowest BCUT2D eigenvalue weighted by Gasteiger charge is -2.14. The Morgan fingerprint density at radius 2 is 1.04 bits per heavy atom. The summed E-state index contributed by atoms with van der Waals surface area (Å²) >= 11 is 0. The van der Waals surface area contributed by atoms with Gasteiger partial charge in [0, 0.05) is 19.2 Å². The zero-order valence-corrected chi connectivity index (χ0v) is 18.4. The van der Waals surface area contributed by atoms with Crippen LogP contribution < -0.4 is 14.0 Å². The van der Waals surface area contributed by atoms with E-state index in [0.29, 0.717) is 0 Å². The van der Waals surface area contributed by atoms with Gasteiger partial charge in [-0.2, -0.15) is 0 Å². The molecule has 0 aliphatic heterocycles. The van der Waals surface area contributed by atoms with E-state index in [4.69, 9.17) is 14.6 Å². The van der Waals surface area contributed by atoms with Crippen molar-refractivity contribution in [3.05, 3.63) is 54.9 Å². The standard InChI is InChI=1S/C7H10NO.C7H8O.C4H12N.C2H6.CH4O/c1-8-5-3-7(9-2)4-6-8;1-8-7-5-3-2-4-6-7;1-5(2,3)4;2*1-2/h3-6H,1-2H3;2-6H,1H3;1-4H3;1-2H3;2H,1H3/q+1;;+1;;. The number of ether oxygens (including phenoxy) is 2. The number of rotatable bonds is 2. The third kappa shape index (κ3) is 24.1. The average Bonchev–Trinajstić information content (AvgIpc) is 2.65. The average molecular weight is 369 g/mol. The number of benzene rings is 1. The minimum absolute atomic E-state index is 0.896. The van der Waals surface area contributed by atoms with Gasteiger partial charge < -0.3 is 19.1 Å². The van der Waals surface area contributed by atoms with Crippen molar-refractivity contribution in [2.75, 3.05) is 49.5 Å². The number of aryl methyl sites for hydroxylation is 1. The van der Waals surface area contributed by atoms with Crippen LogP contribution in [0.3, 0.4) is 0 Å². The lowest BCUT2D eigenvalue weighted by Crippen LogP contribution is -2.27. The summed E-state index contributed by atoms with van der Waals surface area (Å²) in [5.74, 6) is 1.81. The van der Waals surface area contributed by atoms with Gasteiger partial charge in [-0.1, -0.05) is 32.0 Å². The van der Waals surface area contributed by atoms with Crippen LogP contribution in [0.4, 0.5) is 0 Å². The summed E-state index contributed by atoms with van der Waals surface area (Å²) < 4.78 is 12.8. The number of aliphatic hydroxyl groups excluding tert-OH is 1. The van der Waals surface area contributed by atoms with Crippen LogP contribution in [-0.2, 0) is 7.05 Å². The second kappa shape index (κ2) is 19.2. The molecule has 0 radical (unpaired) electrons. The van der Waals surface area contributed by atoms with E-state index in [2.05, 4.69) is 28.2 Å². The minimum atomic E-state index is 0.896. The largest absolute Gasteiger partial charge is 0.497 e. The first-order chi connectivity index (χ1) is 12.3. The molecule has 5 nitrogen and oxygen atoms in total. The molecule has 0 saturated carbocycles. The first-order valence-corrected chi connectivity index (χ1v) is 8.58. The molecule has 2 aromatic rings. The van der Waals surface area contributed by atoms with Crippen molar-refractivity contribution in [2.45, 2.75) is 13.8 Å². The highest BCUT2D eigenvalue weighted by molar-refractivity contribution is 5.20. The molecule has 1 aromatic heterocycles. The van der Waals surface area contributed by atoms with Crippen molar-refractivity contribution in [3.8, 4) is 11.5 Å². The van der Waals surface area contributed by atoms with Crippen LogP contribution in [0.5, 0.6) is 11.5 Å². The molecule has 26 heavy (non-hydrogen) atoms. The van der Waals surface area contributed by atoms with Gasteiger partial charge >= 0.3 is 0 Å². The fourth-order valence-corrected chi connectivity index (χ4v) is 1.18. The van der Waals surface area contributed by atoms with Gasteiger partial charge in [-0.3, -0.25) is 0 Å². The third-order valence-electron chi connectivity index (χ3n) is 2.16. The van der Waals surface area contributed by atoms with Gasteiger partial charge in [0.15, 0.2) is 12.4 Å². The van der Waals surface area contributed by atoms with Gasteiger partial charge in [-0.25, -0.2) is 4.57 Å². The molecule has 150 valence electrons. The van der Waals surface area contributed by atoms with Crippen LogP contribution in [0.2, 0.25) is 0 Å². The Hall–Kier alpha value is -2.11. The molecule has 1 N–H and O–H groups in total. The number of pyridine rings is 1. The monoisotopic (exact) mass is 368 g/mol. The number of quaternary nitrogens is 1. The van der Waals surface area contributed by atoms with E-state index in [1.54, 1.807) is 14.2 Å². The number of methoxy groups -OCH3 is 2. The number of hydrogen-bond donors (Lipinski definition) is 1. The maximum Gasteiger partial charge on any atom is 0.172 e. The zero-order valence-electron chi connectivity index (χ0n) is 18.4. The van der Waals surface area contributed by atoms with Crippen molar-refractivity contribution >= 4 is 0 Å². The Morgan fingerprint density at radius 3 is 1.31 bits per heavy atom. The maximum atomic E-state index is 7.00. The first kappa shape index (κ1) is 28.7. The maximum absolute atomic E-state index is 7.00. The molecule has 0 fully saturated rings. The molecular weight excluding hydrogens is 328 g/mol. The van der Waals surface area contributed by atoms with Gasteiger partial charge in [0.25, 0.3) is 0 Å². The Balaban J connectivity index is -0.000000287. The Labute approximate surface area is 161 Å². The lowest BCUT2D eigenvalue weighted by molar-refractivity contribution is -0.849. The zero-order chi connectivity index (χ0) is 21.0. The van der Waals surface area contributed by atoms with Gasteiger partial charge in [0.1, 0.15) is 18.5 Å². The fraction of sp³-hybridized carbons (Fsp3) is 0.476. The van der Waals surface area contributed by atoms with E-state index in [1.165, 1.54) is 0 Å². The van der Waals surface area contributed by atoms with Gasteiger partial charge in [-0.05, 0) is 12.1 Å². The van der Waals surface area contributed by atoms with E-state index in [1.807, 2.05) is 80.3 Å². The summed E-state index contributed by atoms with van der Waals surface area (Å²) in [5.41, 5.74) is 0. The van der Waals surface area contributed by atoms with Crippen molar-refractivity contribution in [3.63, 3.8) is 0 Å². The summed E-state index contributed by atoms with van der Waals surface area (Å²) in [4.78, 5) is 0. The highest BCUT2D eigenvalue weighted by atomic mass is 16.5. The van der Waals surface area contributed by atoms with Crippen molar-refractivity contribution in [1.82, 2.24) is 0 Å². The molecule has 1 aromatic carbocycles. The van der Waals surface area contributed by atoms with E-state index in [-0.39, 0.29) is 0 Å². The number of hydrogen-bond acceptors (Lipinski definition) is 3. The van der Waals surface area contributed by atoms with Crippen molar-refractivity contribution in [2.24, 2.45) is 7.05 Å². The third-order valence-corrected chi connectivity index (χ3v) is 2.16. The van der Waals surface area contributed by atoms with Crippen LogP contribution in [0, 0.1) is 0 Å². The summed E-state index contributed by atoms with van der Waals surface area (Å²) in [6.45, 7) is 4.00. The van der Waals surface area contributed by atoms with Gasteiger partial charge in [0.05, 0.1) is 42.4 Å². The van der Waals surface area contributed by atoms with Crippen LogP contribution in [0.15, 0.2) is 54.9 Å². The van der Waals surface area contributed by atoms with Gasteiger partial charge in [0.2, 0.25) is 0 Å². The molecule has 0 spiro atoms. The number of aliphatic hydroxyl groups is 1. The van der Waals surface area contributed by atoms with Crippen LogP contribution in [0.25, 0.3) is 0 Å². The van der Waals surface area contributed by atoms with Crippen LogP contribution in [-0.4, -0.2) is 59.1 Å². The molecule has 0 amide bonds. The Bertz CT molecular complexity index is 489. The fourth-order valence-electron chi connectivity index (χ4n) is 1.18. The summed E-state index contributed by atoms with van der Waals surface area (Å²) in [7, 11) is 14.8. The highest BCUT2D eigenvalue weighted by Gasteiger charge is 1.91. The predicted octanol–water partition coefficient (Wildman–Crippen LogP) is 3.17. The summed E-state index contributed by atoms with van der Waals surface area (Å²) in [6, 6.07) is 13.5. The second-order valence-corrected chi connectivity index (χ2v) is 6.10. The van der Waals surface area contributed by atoms with Gasteiger partial charge in [-0.15, -0.1) is 0 Å². The molecular formula is C21H40N2O3+2. The van der Waals surface area contributed by atoms with E-state index >= 15 is 0 Å². The first-order valence-electron chi connectivity index (χ1n) is 8.58. The molecule has 0 saturated heterocycles. The van der Waals surface area contributed by atoms with E-state index < -0.39 is 0 Å². The molecule has 0 aliphatic carbocycles. The molecule has 1 heterocycles. The van der Waals surface area contributed by atoms with Crippen LogP contribution >= 0.6 is 0 Å². The Kier molecular flexibility index (Phi) is 21.2. The molecule has 0 unspecified atom stereocenters. The normalized spacial score (nSPS) is 8.58. The number of nitrogens with zero attached hydrogens (tertiary/aromatic N) is 2. The molecule has 2 rings (SSSR count). The smallest absolute Gasteiger partial charge is 0.172 e. The predicted molar refractivity (Wildman–Crippen MR) is 111 cm³/mol. The molecule has 0 bridgehead atoms. The van der Waals surface area contributed by atoms with E-state index in [9.17, 15) is 0 Å². The Morgan fingerprint density at radius 1 is 0.731 bits per heavy atom. The topological polar surface area (TPSA) is 42.6 Å². The quantitative estimate of drug-likeness (QED) is 0.654. The lowest BCUT2D eigenvalue weighted by atomic mass is 10.3. The van der Waals surface area contributed by atoms with Crippen molar-refractivity contribution in [1.29, 1.82) is 0 Å². The van der Waals surface area contributed by atoms with E-state index in [0.717, 1.165) is 23.1 Å². The summed E-state index contributed by atoms with van der Waals surface area (Å²) in [6.07, 6.45) is 3.89. The highest BCUT2D eigenvalue weighted by Crippen LogP contribution is 2.05. The summed E-state index contributed by atoms with van der Waals surface area (Å²) in [5, 5.41) is 7.00. The SMILES string of the molecule is CC.CO.COc1cc[n+](C)cc1.COc1ccccc1.C[N+](C)(C)C. The van der Waals surface area contributed by atoms with Crippen molar-refractivity contribution < 1.29 is 23.6 Å². The number of aromatic nitrogens is 1. The molecule has 0 atom stereocenters.